The third kappa shape index (κ3) is 7.48. The van der Waals surface area contributed by atoms with Gasteiger partial charge in [0.1, 0.15) is 5.57 Å². The number of allylic oxidation sites excluding steroid dienone is 1. The Kier molecular flexibility index (Phi) is 8.61. The van der Waals surface area contributed by atoms with Crippen molar-refractivity contribution in [3.63, 3.8) is 0 Å². The smallest absolute Gasteiger partial charge is 0.345 e. The van der Waals surface area contributed by atoms with Crippen LogP contribution in [0.15, 0.2) is 23.7 Å². The summed E-state index contributed by atoms with van der Waals surface area (Å²) in [7, 11) is 0. The summed E-state index contributed by atoms with van der Waals surface area (Å²) >= 11 is 0. The van der Waals surface area contributed by atoms with Crippen molar-refractivity contribution in [2.24, 2.45) is 11.3 Å². The van der Waals surface area contributed by atoms with Gasteiger partial charge in [0.25, 0.3) is 0 Å². The van der Waals surface area contributed by atoms with Crippen LogP contribution in [0.3, 0.4) is 0 Å². The van der Waals surface area contributed by atoms with Gasteiger partial charge >= 0.3 is 5.97 Å². The highest BCUT2D eigenvalue weighted by atomic mass is 16.5. The zero-order valence-electron chi connectivity index (χ0n) is 13.9. The van der Waals surface area contributed by atoms with Crippen LogP contribution in [0, 0.1) is 28.1 Å². The lowest BCUT2D eigenvalue weighted by Gasteiger charge is -2.15. The Hall–Kier alpha value is -2.29. The number of hydrogen-bond donors (Lipinski definition) is 2. The van der Waals surface area contributed by atoms with E-state index in [0.717, 1.165) is 6.21 Å². The first-order chi connectivity index (χ1) is 10.3. The van der Waals surface area contributed by atoms with E-state index in [4.69, 9.17) is 20.1 Å². The summed E-state index contributed by atoms with van der Waals surface area (Å²) in [6.45, 7) is 9.75. The number of carbonyl (C=O) groups is 1. The van der Waals surface area contributed by atoms with Crippen LogP contribution in [0.4, 0.5) is 0 Å². The maximum absolute atomic E-state index is 11.8. The number of nitriles is 1. The van der Waals surface area contributed by atoms with Crippen molar-refractivity contribution in [3.05, 3.63) is 23.7 Å². The topological polar surface area (TPSA) is 95.2 Å². The predicted octanol–water partition coefficient (Wildman–Crippen LogP) is 2.74. The first kappa shape index (κ1) is 19.7. The molecule has 22 heavy (non-hydrogen) atoms. The lowest BCUT2D eigenvalue weighted by atomic mass is 9.96. The van der Waals surface area contributed by atoms with Crippen molar-refractivity contribution < 1.29 is 14.3 Å². The normalized spacial score (nSPS) is 12.6. The molecule has 0 atom stereocenters. The highest BCUT2D eigenvalue weighted by Crippen LogP contribution is 2.14. The summed E-state index contributed by atoms with van der Waals surface area (Å²) in [4.78, 5) is 11.8. The predicted molar refractivity (Wildman–Crippen MR) is 84.9 cm³/mol. The Morgan fingerprint density at radius 1 is 1.41 bits per heavy atom. The minimum absolute atomic E-state index is 0.00177. The van der Waals surface area contributed by atoms with Gasteiger partial charge in [-0.15, -0.1) is 0 Å². The Labute approximate surface area is 132 Å². The van der Waals surface area contributed by atoms with E-state index in [1.165, 1.54) is 6.20 Å². The van der Waals surface area contributed by atoms with Gasteiger partial charge in [-0.1, -0.05) is 13.8 Å². The van der Waals surface area contributed by atoms with Gasteiger partial charge in [0.2, 0.25) is 5.88 Å². The van der Waals surface area contributed by atoms with Crippen molar-refractivity contribution in [2.75, 3.05) is 13.2 Å². The molecule has 0 unspecified atom stereocenters. The summed E-state index contributed by atoms with van der Waals surface area (Å²) in [5.74, 6) is -0.227. The summed E-state index contributed by atoms with van der Waals surface area (Å²) in [6, 6.07) is 2.13. The molecule has 0 aliphatic carbocycles. The molecule has 122 valence electrons. The molecule has 6 heteroatoms. The number of carbonyl (C=O) groups excluding carboxylic acids is 1. The van der Waals surface area contributed by atoms with Crippen LogP contribution in [0.25, 0.3) is 0 Å². The van der Waals surface area contributed by atoms with Gasteiger partial charge in [0.05, 0.1) is 24.7 Å². The van der Waals surface area contributed by atoms with Crippen LogP contribution in [0.1, 0.15) is 34.6 Å². The van der Waals surface area contributed by atoms with E-state index in [1.807, 2.05) is 13.8 Å². The van der Waals surface area contributed by atoms with Crippen molar-refractivity contribution in [1.29, 1.82) is 10.7 Å². The van der Waals surface area contributed by atoms with Gasteiger partial charge in [-0.05, 0) is 32.8 Å². The average molecular weight is 307 g/mol. The van der Waals surface area contributed by atoms with Crippen LogP contribution in [-0.2, 0) is 14.3 Å². The fraction of sp³-hybridized carbons (Fsp3) is 0.562. The Bertz CT molecular complexity index is 485. The summed E-state index contributed by atoms with van der Waals surface area (Å²) in [6.07, 6.45) is 4.07. The second-order valence-corrected chi connectivity index (χ2v) is 5.62. The second-order valence-electron chi connectivity index (χ2n) is 5.62. The molecule has 6 nitrogen and oxygen atoms in total. The molecule has 2 N–H and O–H groups in total. The number of nitrogens with zero attached hydrogens (tertiary/aromatic N) is 1. The number of rotatable bonds is 9. The SMILES string of the molecule is CCOC(=O)/C(C=N)=C(/N/C=C/C(C)(C)C#N)OCC(C)C. The first-order valence-electron chi connectivity index (χ1n) is 7.17. The number of nitrogens with one attached hydrogen (secondary N) is 2. The maximum Gasteiger partial charge on any atom is 0.345 e. The van der Waals surface area contributed by atoms with Gasteiger partial charge in [-0.25, -0.2) is 4.79 Å². The molecule has 0 spiro atoms. The van der Waals surface area contributed by atoms with Crippen LogP contribution in [-0.4, -0.2) is 25.4 Å². The van der Waals surface area contributed by atoms with Crippen molar-refractivity contribution in [3.8, 4) is 6.07 Å². The number of ether oxygens (including phenoxy) is 2. The van der Waals surface area contributed by atoms with Crippen LogP contribution in [0.2, 0.25) is 0 Å². The van der Waals surface area contributed by atoms with Gasteiger partial charge in [0.15, 0.2) is 0 Å². The molecule has 0 rings (SSSR count). The summed E-state index contributed by atoms with van der Waals surface area (Å²) in [5, 5.41) is 19.2. The molecule has 0 aromatic rings. The molecule has 0 heterocycles. The minimum Gasteiger partial charge on any atom is -0.478 e. The van der Waals surface area contributed by atoms with E-state index in [9.17, 15) is 4.79 Å². The van der Waals surface area contributed by atoms with E-state index in [2.05, 4.69) is 11.4 Å². The standard InChI is InChI=1S/C16H25N3O3/c1-6-21-15(20)13(9-17)14(22-10-12(2)3)19-8-7-16(4,5)11-18/h7-9,12,17,19H,6,10H2,1-5H3/b8-7+,14-13-,17-9?. The van der Waals surface area contributed by atoms with E-state index in [0.29, 0.717) is 6.61 Å². The minimum atomic E-state index is -0.648. The monoisotopic (exact) mass is 307 g/mol. The average Bonchev–Trinajstić information content (AvgIpc) is 2.45. The van der Waals surface area contributed by atoms with Crippen LogP contribution in [0.5, 0.6) is 0 Å². The van der Waals surface area contributed by atoms with Crippen molar-refractivity contribution in [2.45, 2.75) is 34.6 Å². The molecule has 0 radical (unpaired) electrons. The molecular formula is C16H25N3O3. The fourth-order valence-electron chi connectivity index (χ4n) is 1.24. The first-order valence-corrected chi connectivity index (χ1v) is 7.17. The second kappa shape index (κ2) is 9.61. The zero-order chi connectivity index (χ0) is 17.2. The van der Waals surface area contributed by atoms with Gasteiger partial charge in [0, 0.05) is 12.4 Å². The Balaban J connectivity index is 5.29. The molecule has 0 saturated carbocycles. The van der Waals surface area contributed by atoms with E-state index in [-0.39, 0.29) is 24.0 Å². The van der Waals surface area contributed by atoms with E-state index < -0.39 is 11.4 Å². The molecule has 0 aliphatic rings. The zero-order valence-corrected chi connectivity index (χ0v) is 13.9. The molecule has 0 bridgehead atoms. The fourth-order valence-corrected chi connectivity index (χ4v) is 1.24. The quantitative estimate of drug-likeness (QED) is 0.295. The van der Waals surface area contributed by atoms with Crippen molar-refractivity contribution >= 4 is 12.2 Å². The summed E-state index contributed by atoms with van der Waals surface area (Å²) in [5.41, 5.74) is -0.646. The molecular weight excluding hydrogens is 282 g/mol. The molecule has 0 amide bonds. The number of hydrogen-bond acceptors (Lipinski definition) is 6. The maximum atomic E-state index is 11.8. The largest absolute Gasteiger partial charge is 0.478 e. The highest BCUT2D eigenvalue weighted by Gasteiger charge is 2.17. The molecule has 0 fully saturated rings. The van der Waals surface area contributed by atoms with Gasteiger partial charge < -0.3 is 20.2 Å². The summed E-state index contributed by atoms with van der Waals surface area (Å²) < 4.78 is 10.5. The third-order valence-corrected chi connectivity index (χ3v) is 2.45. The van der Waals surface area contributed by atoms with Crippen LogP contribution < -0.4 is 5.32 Å². The third-order valence-electron chi connectivity index (χ3n) is 2.45. The molecule has 0 aliphatic heterocycles. The Morgan fingerprint density at radius 2 is 2.05 bits per heavy atom. The molecule has 0 aromatic carbocycles. The molecule has 0 saturated heterocycles. The van der Waals surface area contributed by atoms with Gasteiger partial charge in [-0.3, -0.25) is 0 Å². The Morgan fingerprint density at radius 3 is 2.50 bits per heavy atom. The van der Waals surface area contributed by atoms with Crippen molar-refractivity contribution in [1.82, 2.24) is 5.32 Å². The number of esters is 1. The lowest BCUT2D eigenvalue weighted by Crippen LogP contribution is -2.21. The van der Waals surface area contributed by atoms with E-state index >= 15 is 0 Å². The van der Waals surface area contributed by atoms with Gasteiger partial charge in [-0.2, -0.15) is 5.26 Å². The molecule has 0 aromatic heterocycles. The lowest BCUT2D eigenvalue weighted by molar-refractivity contribution is -0.138. The van der Waals surface area contributed by atoms with Crippen LogP contribution >= 0.6 is 0 Å². The van der Waals surface area contributed by atoms with E-state index in [1.54, 1.807) is 26.8 Å². The highest BCUT2D eigenvalue weighted by molar-refractivity contribution is 6.08.